The minimum atomic E-state index is -3.57. The zero-order chi connectivity index (χ0) is 20.1. The van der Waals surface area contributed by atoms with E-state index in [-0.39, 0.29) is 23.3 Å². The van der Waals surface area contributed by atoms with Crippen LogP contribution in [0.2, 0.25) is 0 Å². The lowest BCUT2D eigenvalue weighted by molar-refractivity contribution is -0.126. The van der Waals surface area contributed by atoms with Gasteiger partial charge in [0, 0.05) is 25.1 Å². The molecule has 2 aromatic rings. The van der Waals surface area contributed by atoms with Crippen LogP contribution in [0.1, 0.15) is 31.2 Å². The normalized spacial score (nSPS) is 16.1. The Hall–Kier alpha value is -2.39. The van der Waals surface area contributed by atoms with E-state index >= 15 is 0 Å². The third-order valence-corrected chi connectivity index (χ3v) is 6.62. The third-order valence-electron chi connectivity index (χ3n) is 4.71. The van der Waals surface area contributed by atoms with Crippen LogP contribution >= 0.6 is 0 Å². The average molecular weight is 407 g/mol. The average Bonchev–Trinajstić information content (AvgIpc) is 3.12. The lowest BCUT2D eigenvalue weighted by Gasteiger charge is -2.30. The summed E-state index contributed by atoms with van der Waals surface area (Å²) in [5.41, 5.74) is 0.761. The van der Waals surface area contributed by atoms with Gasteiger partial charge in [0.05, 0.1) is 23.7 Å². The minimum absolute atomic E-state index is 0.0906. The molecule has 0 radical (unpaired) electrons. The van der Waals surface area contributed by atoms with Crippen molar-refractivity contribution in [2.24, 2.45) is 5.92 Å². The van der Waals surface area contributed by atoms with E-state index < -0.39 is 10.0 Å². The number of aromatic nitrogens is 1. The summed E-state index contributed by atoms with van der Waals surface area (Å²) in [6.45, 7) is 5.12. The summed E-state index contributed by atoms with van der Waals surface area (Å²) in [6.07, 6.45) is 0.967. The van der Waals surface area contributed by atoms with Crippen LogP contribution in [0.5, 0.6) is 5.75 Å². The molecule has 1 saturated heterocycles. The Bertz CT molecular complexity index is 900. The molecular weight excluding hydrogens is 382 g/mol. The molecule has 0 aliphatic carbocycles. The van der Waals surface area contributed by atoms with E-state index in [9.17, 15) is 13.2 Å². The van der Waals surface area contributed by atoms with Gasteiger partial charge in [0.25, 0.3) is 0 Å². The monoisotopic (exact) mass is 407 g/mol. The summed E-state index contributed by atoms with van der Waals surface area (Å²) in [7, 11) is -3.57. The number of aryl methyl sites for hydroxylation is 1. The van der Waals surface area contributed by atoms with Crippen molar-refractivity contribution in [1.29, 1.82) is 0 Å². The van der Waals surface area contributed by atoms with Gasteiger partial charge >= 0.3 is 0 Å². The molecule has 0 unspecified atom stereocenters. The Morgan fingerprint density at radius 2 is 1.96 bits per heavy atom. The maximum Gasteiger partial charge on any atom is 0.243 e. The number of nitrogens with one attached hydrogen (secondary N) is 1. The number of rotatable bonds is 7. The molecule has 0 spiro atoms. The number of carbonyl (C=O) groups is 1. The first kappa shape index (κ1) is 20.3. The lowest BCUT2D eigenvalue weighted by Crippen LogP contribution is -2.42. The summed E-state index contributed by atoms with van der Waals surface area (Å²) < 4.78 is 37.5. The van der Waals surface area contributed by atoms with E-state index in [1.54, 1.807) is 30.3 Å². The second-order valence-corrected chi connectivity index (χ2v) is 8.67. The number of ether oxygens (including phenoxy) is 1. The summed E-state index contributed by atoms with van der Waals surface area (Å²) in [6, 6.07) is 8.19. The van der Waals surface area contributed by atoms with E-state index in [0.29, 0.717) is 44.0 Å². The third kappa shape index (κ3) is 4.71. The molecule has 8 nitrogen and oxygen atoms in total. The van der Waals surface area contributed by atoms with Gasteiger partial charge in [-0.05, 0) is 51.0 Å². The van der Waals surface area contributed by atoms with Gasteiger partial charge in [-0.25, -0.2) is 8.42 Å². The second-order valence-electron chi connectivity index (χ2n) is 6.74. The van der Waals surface area contributed by atoms with Gasteiger partial charge in [0.15, 0.2) is 5.76 Å². The molecule has 152 valence electrons. The largest absolute Gasteiger partial charge is 0.494 e. The lowest BCUT2D eigenvalue weighted by atomic mass is 9.97. The van der Waals surface area contributed by atoms with Crippen LogP contribution < -0.4 is 10.1 Å². The first-order valence-electron chi connectivity index (χ1n) is 9.33. The van der Waals surface area contributed by atoms with Gasteiger partial charge in [-0.2, -0.15) is 4.31 Å². The highest BCUT2D eigenvalue weighted by Crippen LogP contribution is 2.25. The molecule has 1 amide bonds. The second kappa shape index (κ2) is 8.74. The van der Waals surface area contributed by atoms with E-state index in [0.717, 1.165) is 5.69 Å². The number of carbonyl (C=O) groups excluding carboxylic acids is 1. The van der Waals surface area contributed by atoms with Crippen LogP contribution in [0, 0.1) is 12.8 Å². The number of hydrogen-bond donors (Lipinski definition) is 1. The quantitative estimate of drug-likeness (QED) is 0.754. The van der Waals surface area contributed by atoms with E-state index in [2.05, 4.69) is 10.5 Å². The van der Waals surface area contributed by atoms with Crippen molar-refractivity contribution in [2.75, 3.05) is 19.7 Å². The Morgan fingerprint density at radius 3 is 2.54 bits per heavy atom. The molecule has 1 fully saturated rings. The Labute approximate surface area is 164 Å². The molecule has 1 N–H and O–H groups in total. The van der Waals surface area contributed by atoms with Gasteiger partial charge in [0.1, 0.15) is 5.75 Å². The van der Waals surface area contributed by atoms with Gasteiger partial charge in [-0.3, -0.25) is 4.79 Å². The standard InChI is InChI=1S/C19H25N3O5S/c1-3-26-16-4-6-18(7-5-16)28(24,25)22-10-8-15(9-11-22)19(23)20-13-17-12-14(2)21-27-17/h4-7,12,15H,3,8-11,13H2,1-2H3,(H,20,23). The summed E-state index contributed by atoms with van der Waals surface area (Å²) >= 11 is 0. The number of amides is 1. The number of benzene rings is 1. The smallest absolute Gasteiger partial charge is 0.243 e. The van der Waals surface area contributed by atoms with Crippen molar-refractivity contribution in [3.05, 3.63) is 41.8 Å². The summed E-state index contributed by atoms with van der Waals surface area (Å²) in [5.74, 6) is 0.933. The Morgan fingerprint density at radius 1 is 1.29 bits per heavy atom. The molecule has 1 aliphatic rings. The summed E-state index contributed by atoms with van der Waals surface area (Å²) in [4.78, 5) is 12.6. The summed E-state index contributed by atoms with van der Waals surface area (Å²) in [5, 5.41) is 6.61. The van der Waals surface area contributed by atoms with Crippen molar-refractivity contribution in [1.82, 2.24) is 14.8 Å². The number of piperidine rings is 1. The van der Waals surface area contributed by atoms with Crippen molar-refractivity contribution in [3.8, 4) is 5.75 Å². The van der Waals surface area contributed by atoms with Crippen molar-refractivity contribution < 1.29 is 22.5 Å². The molecular formula is C19H25N3O5S. The highest BCUT2D eigenvalue weighted by atomic mass is 32.2. The molecule has 0 bridgehead atoms. The number of hydrogen-bond acceptors (Lipinski definition) is 6. The topological polar surface area (TPSA) is 102 Å². The fourth-order valence-corrected chi connectivity index (χ4v) is 4.67. The Balaban J connectivity index is 1.54. The molecule has 0 saturated carbocycles. The highest BCUT2D eigenvalue weighted by Gasteiger charge is 2.32. The Kier molecular flexibility index (Phi) is 6.35. The first-order valence-corrected chi connectivity index (χ1v) is 10.8. The molecule has 3 rings (SSSR count). The maximum absolute atomic E-state index is 12.8. The van der Waals surface area contributed by atoms with E-state index in [1.165, 1.54) is 4.31 Å². The number of sulfonamides is 1. The van der Waals surface area contributed by atoms with Gasteiger partial charge < -0.3 is 14.6 Å². The number of nitrogens with zero attached hydrogens (tertiary/aromatic N) is 2. The van der Waals surface area contributed by atoms with E-state index in [1.807, 2.05) is 13.8 Å². The predicted octanol–water partition coefficient (Wildman–Crippen LogP) is 2.10. The minimum Gasteiger partial charge on any atom is -0.494 e. The van der Waals surface area contributed by atoms with Gasteiger partial charge in [0.2, 0.25) is 15.9 Å². The zero-order valence-electron chi connectivity index (χ0n) is 16.1. The van der Waals surface area contributed by atoms with Crippen molar-refractivity contribution in [2.45, 2.75) is 38.1 Å². The molecule has 1 aromatic heterocycles. The fraction of sp³-hybridized carbons (Fsp3) is 0.474. The van der Waals surface area contributed by atoms with Crippen LogP contribution in [0.4, 0.5) is 0 Å². The van der Waals surface area contributed by atoms with E-state index in [4.69, 9.17) is 9.26 Å². The molecule has 1 aliphatic heterocycles. The van der Waals surface area contributed by atoms with Crippen molar-refractivity contribution >= 4 is 15.9 Å². The van der Waals surface area contributed by atoms with Crippen LogP contribution in [-0.2, 0) is 21.4 Å². The predicted molar refractivity (Wildman–Crippen MR) is 102 cm³/mol. The molecule has 0 atom stereocenters. The zero-order valence-corrected chi connectivity index (χ0v) is 16.9. The fourth-order valence-electron chi connectivity index (χ4n) is 3.20. The molecule has 28 heavy (non-hydrogen) atoms. The first-order chi connectivity index (χ1) is 13.4. The maximum atomic E-state index is 12.8. The van der Waals surface area contributed by atoms with Crippen LogP contribution in [0.25, 0.3) is 0 Å². The molecule has 1 aromatic carbocycles. The SMILES string of the molecule is CCOc1ccc(S(=O)(=O)N2CCC(C(=O)NCc3cc(C)no3)CC2)cc1. The van der Waals surface area contributed by atoms with Crippen LogP contribution in [0.15, 0.2) is 39.8 Å². The van der Waals surface area contributed by atoms with Gasteiger partial charge in [-0.1, -0.05) is 5.16 Å². The van der Waals surface area contributed by atoms with Crippen LogP contribution in [0.3, 0.4) is 0 Å². The van der Waals surface area contributed by atoms with Crippen molar-refractivity contribution in [3.63, 3.8) is 0 Å². The van der Waals surface area contributed by atoms with Crippen LogP contribution in [-0.4, -0.2) is 43.5 Å². The molecule has 2 heterocycles. The van der Waals surface area contributed by atoms with Gasteiger partial charge in [-0.15, -0.1) is 0 Å². The highest BCUT2D eigenvalue weighted by molar-refractivity contribution is 7.89. The molecule has 9 heteroatoms.